The quantitative estimate of drug-likeness (QED) is 0.287. The highest BCUT2D eigenvalue weighted by Gasteiger charge is 2.20. The van der Waals surface area contributed by atoms with Crippen LogP contribution < -0.4 is 10.2 Å². The molecule has 36 heavy (non-hydrogen) atoms. The molecule has 1 N–H and O–H groups in total. The lowest BCUT2D eigenvalue weighted by molar-refractivity contribution is 0.0994. The third-order valence-corrected chi connectivity index (χ3v) is 5.32. The number of rotatable bonds is 5. The minimum Gasteiger partial charge on any atom is -0.322 e. The summed E-state index contributed by atoms with van der Waals surface area (Å²) in [7, 11) is 0. The third kappa shape index (κ3) is 6.55. The van der Waals surface area contributed by atoms with Crippen LogP contribution in [0.4, 0.5) is 17.1 Å². The zero-order chi connectivity index (χ0) is 25.0. The number of hydrogen-bond acceptors (Lipinski definition) is 2. The van der Waals surface area contributed by atoms with Crippen LogP contribution in [-0.4, -0.2) is 11.8 Å². The Morgan fingerprint density at radius 1 is 0.444 bits per heavy atom. The Labute approximate surface area is 211 Å². The highest BCUT2D eigenvalue weighted by atomic mass is 16.2. The van der Waals surface area contributed by atoms with Gasteiger partial charge in [-0.2, -0.15) is 0 Å². The van der Waals surface area contributed by atoms with E-state index in [2.05, 4.69) is 5.32 Å². The molecule has 0 spiro atoms. The van der Waals surface area contributed by atoms with E-state index in [1.165, 1.54) is 0 Å². The van der Waals surface area contributed by atoms with Gasteiger partial charge < -0.3 is 5.32 Å². The van der Waals surface area contributed by atoms with Crippen molar-refractivity contribution in [3.8, 4) is 0 Å². The molecule has 0 fully saturated rings. The number of anilines is 3. The zero-order valence-electron chi connectivity index (χ0n) is 19.7. The Bertz CT molecular complexity index is 1290. The van der Waals surface area contributed by atoms with Crippen molar-refractivity contribution in [3.05, 3.63) is 163 Å². The van der Waals surface area contributed by atoms with Gasteiger partial charge in [0, 0.05) is 28.2 Å². The van der Waals surface area contributed by atoms with Gasteiger partial charge in [-0.1, -0.05) is 91.0 Å². The molecule has 5 aromatic rings. The molecular weight excluding hydrogens is 444 g/mol. The van der Waals surface area contributed by atoms with Crippen molar-refractivity contribution < 1.29 is 9.59 Å². The molecule has 4 nitrogen and oxygen atoms in total. The minimum atomic E-state index is -0.219. The maximum Gasteiger partial charge on any atom is 0.262 e. The van der Waals surface area contributed by atoms with Gasteiger partial charge in [-0.05, 0) is 60.7 Å². The molecule has 2 amide bonds. The van der Waals surface area contributed by atoms with Crippen molar-refractivity contribution in [1.29, 1.82) is 0 Å². The van der Waals surface area contributed by atoms with Crippen LogP contribution in [0, 0.1) is 0 Å². The van der Waals surface area contributed by atoms with Crippen LogP contribution in [0.5, 0.6) is 0 Å². The zero-order valence-corrected chi connectivity index (χ0v) is 19.7. The fourth-order valence-corrected chi connectivity index (χ4v) is 3.54. The number of nitrogens with one attached hydrogen (secondary N) is 1. The number of amides is 2. The minimum absolute atomic E-state index is 0.164. The van der Waals surface area contributed by atoms with Crippen molar-refractivity contribution in [2.45, 2.75) is 0 Å². The summed E-state index contributed by atoms with van der Waals surface area (Å²) < 4.78 is 0. The Balaban J connectivity index is 0.000000445. The summed E-state index contributed by atoms with van der Waals surface area (Å²) in [6.07, 6.45) is 0. The van der Waals surface area contributed by atoms with E-state index < -0.39 is 0 Å². The molecule has 4 heteroatoms. The predicted molar refractivity (Wildman–Crippen MR) is 147 cm³/mol. The van der Waals surface area contributed by atoms with Crippen molar-refractivity contribution in [1.82, 2.24) is 0 Å². The first-order valence-electron chi connectivity index (χ1n) is 11.6. The summed E-state index contributed by atoms with van der Waals surface area (Å²) in [4.78, 5) is 27.5. The molecule has 0 aliphatic carbocycles. The van der Waals surface area contributed by atoms with E-state index in [4.69, 9.17) is 0 Å². The second-order valence-corrected chi connectivity index (χ2v) is 7.86. The second-order valence-electron chi connectivity index (χ2n) is 7.86. The van der Waals surface area contributed by atoms with Crippen LogP contribution in [0.1, 0.15) is 20.7 Å². The topological polar surface area (TPSA) is 49.4 Å². The predicted octanol–water partition coefficient (Wildman–Crippen LogP) is 7.60. The van der Waals surface area contributed by atoms with Gasteiger partial charge in [-0.25, -0.2) is 0 Å². The highest BCUT2D eigenvalue weighted by Crippen LogP contribution is 2.27. The van der Waals surface area contributed by atoms with E-state index in [-0.39, 0.29) is 11.8 Å². The van der Waals surface area contributed by atoms with Gasteiger partial charge in [0.2, 0.25) is 0 Å². The standard InChI is InChI=1S/C26H20N2O2.C6H6/c29-25(27-22-10-4-1-5-11-22)20-16-18-21(19-17-20)26(30)28(23-12-6-2-7-13-23)24-14-8-3-9-15-24;1-2-4-6-5-3-1/h1-19H,(H,27,29);1-6H. The molecule has 0 unspecified atom stereocenters. The van der Waals surface area contributed by atoms with Crippen LogP contribution >= 0.6 is 0 Å². The molecule has 5 aromatic carbocycles. The second kappa shape index (κ2) is 12.5. The summed E-state index contributed by atoms with van der Waals surface area (Å²) in [5.74, 6) is -0.384. The van der Waals surface area contributed by atoms with E-state index in [0.717, 1.165) is 17.1 Å². The van der Waals surface area contributed by atoms with Crippen LogP contribution in [-0.2, 0) is 0 Å². The number of para-hydroxylation sites is 3. The maximum absolute atomic E-state index is 13.3. The fourth-order valence-electron chi connectivity index (χ4n) is 3.54. The first-order chi connectivity index (χ1) is 17.7. The highest BCUT2D eigenvalue weighted by molar-refractivity contribution is 6.11. The van der Waals surface area contributed by atoms with E-state index >= 15 is 0 Å². The Morgan fingerprint density at radius 2 is 0.806 bits per heavy atom. The molecule has 5 rings (SSSR count). The van der Waals surface area contributed by atoms with Gasteiger partial charge in [0.15, 0.2) is 0 Å². The van der Waals surface area contributed by atoms with Gasteiger partial charge in [0.1, 0.15) is 0 Å². The summed E-state index contributed by atoms with van der Waals surface area (Å²) in [5, 5.41) is 2.85. The fraction of sp³-hybridized carbons (Fsp3) is 0. The van der Waals surface area contributed by atoms with Crippen molar-refractivity contribution in [3.63, 3.8) is 0 Å². The lowest BCUT2D eigenvalue weighted by atomic mass is 10.1. The Morgan fingerprint density at radius 3 is 1.25 bits per heavy atom. The Kier molecular flexibility index (Phi) is 8.39. The van der Waals surface area contributed by atoms with Gasteiger partial charge in [-0.3, -0.25) is 14.5 Å². The molecule has 0 saturated heterocycles. The number of nitrogens with zero attached hydrogens (tertiary/aromatic N) is 1. The molecule has 0 radical (unpaired) electrons. The monoisotopic (exact) mass is 470 g/mol. The molecule has 0 atom stereocenters. The summed E-state index contributed by atoms with van der Waals surface area (Å²) >= 11 is 0. The molecule has 0 aromatic heterocycles. The van der Waals surface area contributed by atoms with E-state index in [0.29, 0.717) is 11.1 Å². The van der Waals surface area contributed by atoms with E-state index in [9.17, 15) is 9.59 Å². The van der Waals surface area contributed by atoms with Gasteiger partial charge in [-0.15, -0.1) is 0 Å². The summed E-state index contributed by atoms with van der Waals surface area (Å²) in [6.45, 7) is 0. The molecule has 0 heterocycles. The summed E-state index contributed by atoms with van der Waals surface area (Å²) in [5.41, 5.74) is 3.27. The van der Waals surface area contributed by atoms with Crippen LogP contribution in [0.3, 0.4) is 0 Å². The molecule has 0 aliphatic heterocycles. The van der Waals surface area contributed by atoms with Gasteiger partial charge in [0.25, 0.3) is 11.8 Å². The lowest BCUT2D eigenvalue weighted by Crippen LogP contribution is -2.26. The van der Waals surface area contributed by atoms with E-state index in [1.807, 2.05) is 127 Å². The average Bonchev–Trinajstić information content (AvgIpc) is 2.96. The smallest absolute Gasteiger partial charge is 0.262 e. The van der Waals surface area contributed by atoms with Gasteiger partial charge >= 0.3 is 0 Å². The molecular formula is C32H26N2O2. The largest absolute Gasteiger partial charge is 0.322 e. The van der Waals surface area contributed by atoms with Crippen molar-refractivity contribution in [2.75, 3.05) is 10.2 Å². The lowest BCUT2D eigenvalue weighted by Gasteiger charge is -2.23. The maximum atomic E-state index is 13.3. The van der Waals surface area contributed by atoms with E-state index in [1.54, 1.807) is 29.2 Å². The Hall–Kier alpha value is -4.96. The number of carbonyl (C=O) groups is 2. The average molecular weight is 471 g/mol. The SMILES string of the molecule is O=C(Nc1ccccc1)c1ccc(C(=O)N(c2ccccc2)c2ccccc2)cc1.c1ccccc1. The van der Waals surface area contributed by atoms with Gasteiger partial charge in [0.05, 0.1) is 0 Å². The molecule has 0 aliphatic rings. The summed E-state index contributed by atoms with van der Waals surface area (Å²) in [6, 6.07) is 47.0. The first-order valence-corrected chi connectivity index (χ1v) is 11.6. The number of hydrogen-bond donors (Lipinski definition) is 1. The van der Waals surface area contributed by atoms with Crippen LogP contribution in [0.15, 0.2) is 152 Å². The van der Waals surface area contributed by atoms with Crippen molar-refractivity contribution in [2.24, 2.45) is 0 Å². The van der Waals surface area contributed by atoms with Crippen molar-refractivity contribution >= 4 is 28.9 Å². The third-order valence-electron chi connectivity index (χ3n) is 5.32. The first kappa shape index (κ1) is 24.2. The molecule has 176 valence electrons. The molecule has 0 saturated carbocycles. The van der Waals surface area contributed by atoms with Crippen LogP contribution in [0.25, 0.3) is 0 Å². The normalized spacial score (nSPS) is 9.89. The number of benzene rings is 5. The number of carbonyl (C=O) groups excluding carboxylic acids is 2. The molecule has 0 bridgehead atoms. The van der Waals surface area contributed by atoms with Crippen LogP contribution in [0.2, 0.25) is 0 Å².